The molecule has 6 nitrogen and oxygen atoms in total. The lowest BCUT2D eigenvalue weighted by atomic mass is 10.0. The Morgan fingerprint density at radius 1 is 1.35 bits per heavy atom. The van der Waals surface area contributed by atoms with Crippen molar-refractivity contribution in [3.63, 3.8) is 0 Å². The van der Waals surface area contributed by atoms with Gasteiger partial charge in [0, 0.05) is 19.0 Å². The Labute approximate surface area is 120 Å². The van der Waals surface area contributed by atoms with Crippen molar-refractivity contribution in [1.82, 2.24) is 10.2 Å². The Balaban J connectivity index is 2.91. The second-order valence-electron chi connectivity index (χ2n) is 6.14. The minimum absolute atomic E-state index is 0.0784. The molecular weight excluding hydrogens is 280 g/mol. The van der Waals surface area contributed by atoms with Crippen LogP contribution in [0.25, 0.3) is 0 Å². The zero-order chi connectivity index (χ0) is 15.7. The number of nitrogens with zero attached hydrogens (tertiary/aromatic N) is 1. The molecule has 2 amide bonds. The van der Waals surface area contributed by atoms with Crippen molar-refractivity contribution in [2.75, 3.05) is 12.3 Å². The van der Waals surface area contributed by atoms with Crippen molar-refractivity contribution in [1.29, 1.82) is 0 Å². The highest BCUT2D eigenvalue weighted by atomic mass is 32.2. The fourth-order valence-corrected chi connectivity index (χ4v) is 3.10. The third-order valence-corrected chi connectivity index (χ3v) is 5.78. The monoisotopic (exact) mass is 304 g/mol. The highest BCUT2D eigenvalue weighted by Crippen LogP contribution is 2.18. The maximum atomic E-state index is 12.4. The first-order valence-corrected chi connectivity index (χ1v) is 8.52. The van der Waals surface area contributed by atoms with E-state index in [0.29, 0.717) is 0 Å². The maximum Gasteiger partial charge on any atom is 0.248 e. The van der Waals surface area contributed by atoms with E-state index in [0.717, 1.165) is 0 Å². The van der Waals surface area contributed by atoms with Crippen LogP contribution in [-0.4, -0.2) is 54.3 Å². The van der Waals surface area contributed by atoms with Gasteiger partial charge in [0.05, 0.1) is 11.0 Å². The maximum absolute atomic E-state index is 12.4. The van der Waals surface area contributed by atoms with E-state index in [1.807, 2.05) is 0 Å². The van der Waals surface area contributed by atoms with E-state index in [9.17, 15) is 18.0 Å². The molecule has 7 heteroatoms. The van der Waals surface area contributed by atoms with Gasteiger partial charge in [-0.25, -0.2) is 8.42 Å². The Kier molecular flexibility index (Phi) is 4.84. The first-order chi connectivity index (χ1) is 8.97. The summed E-state index contributed by atoms with van der Waals surface area (Å²) in [7, 11) is -3.21. The minimum atomic E-state index is -3.21. The molecule has 1 fully saturated rings. The molecule has 0 radical (unpaired) electrons. The molecule has 1 heterocycles. The SMILES string of the molecule is CC1CC(=O)NC(C)(C)C(=O)N1CCS(=O)(=O)C(C)C. The zero-order valence-electron chi connectivity index (χ0n) is 12.8. The van der Waals surface area contributed by atoms with Gasteiger partial charge in [0.1, 0.15) is 5.54 Å². The van der Waals surface area contributed by atoms with Crippen LogP contribution in [0.1, 0.15) is 41.0 Å². The largest absolute Gasteiger partial charge is 0.342 e. The van der Waals surface area contributed by atoms with Crippen LogP contribution < -0.4 is 5.32 Å². The second-order valence-corrected chi connectivity index (χ2v) is 8.82. The van der Waals surface area contributed by atoms with Crippen molar-refractivity contribution in [2.45, 2.75) is 57.9 Å². The predicted octanol–water partition coefficient (Wildman–Crippen LogP) is 0.325. The molecule has 0 aromatic carbocycles. The number of nitrogens with one attached hydrogen (secondary N) is 1. The summed E-state index contributed by atoms with van der Waals surface area (Å²) in [5.41, 5.74) is -0.997. The van der Waals surface area contributed by atoms with Crippen LogP contribution in [0.5, 0.6) is 0 Å². The molecule has 1 N–H and O–H groups in total. The van der Waals surface area contributed by atoms with Crippen molar-refractivity contribution in [2.24, 2.45) is 0 Å². The fourth-order valence-electron chi connectivity index (χ4n) is 2.17. The molecule has 0 saturated carbocycles. The van der Waals surface area contributed by atoms with Crippen LogP contribution in [0.15, 0.2) is 0 Å². The van der Waals surface area contributed by atoms with Crippen LogP contribution in [-0.2, 0) is 19.4 Å². The number of hydrogen-bond acceptors (Lipinski definition) is 4. The predicted molar refractivity (Wildman–Crippen MR) is 76.9 cm³/mol. The third-order valence-electron chi connectivity index (χ3n) is 3.60. The summed E-state index contributed by atoms with van der Waals surface area (Å²) in [6.07, 6.45) is 0.191. The number of carbonyl (C=O) groups is 2. The summed E-state index contributed by atoms with van der Waals surface area (Å²) in [6.45, 7) is 8.40. The van der Waals surface area contributed by atoms with Gasteiger partial charge in [0.15, 0.2) is 9.84 Å². The summed E-state index contributed by atoms with van der Waals surface area (Å²) in [4.78, 5) is 25.6. The third kappa shape index (κ3) is 3.71. The quantitative estimate of drug-likeness (QED) is 0.811. The van der Waals surface area contributed by atoms with Crippen molar-refractivity contribution < 1.29 is 18.0 Å². The number of amides is 2. The average molecular weight is 304 g/mol. The standard InChI is InChI=1S/C13H24N2O4S/c1-9(2)20(18,19)7-6-15-10(3)8-11(16)14-13(4,5)12(15)17/h9-10H,6-8H2,1-5H3,(H,14,16). The zero-order valence-corrected chi connectivity index (χ0v) is 13.6. The van der Waals surface area contributed by atoms with E-state index >= 15 is 0 Å². The van der Waals surface area contributed by atoms with Crippen molar-refractivity contribution in [3.05, 3.63) is 0 Å². The summed E-state index contributed by atoms with van der Waals surface area (Å²) >= 11 is 0. The van der Waals surface area contributed by atoms with Crippen molar-refractivity contribution >= 4 is 21.7 Å². The molecule has 20 heavy (non-hydrogen) atoms. The summed E-state index contributed by atoms with van der Waals surface area (Å²) in [5, 5.41) is 2.20. The molecule has 0 aromatic rings. The molecule has 1 atom stereocenters. The van der Waals surface area contributed by atoms with E-state index in [-0.39, 0.29) is 36.6 Å². The van der Waals surface area contributed by atoms with Crippen LogP contribution in [0, 0.1) is 0 Å². The molecule has 1 unspecified atom stereocenters. The van der Waals surface area contributed by atoms with Gasteiger partial charge in [-0.05, 0) is 34.6 Å². The van der Waals surface area contributed by atoms with Crippen molar-refractivity contribution in [3.8, 4) is 0 Å². The first kappa shape index (κ1) is 16.9. The lowest BCUT2D eigenvalue weighted by Crippen LogP contribution is -2.54. The molecule has 0 bridgehead atoms. The van der Waals surface area contributed by atoms with E-state index < -0.39 is 20.6 Å². The molecule has 1 aliphatic rings. The van der Waals surface area contributed by atoms with Gasteiger partial charge in [-0.2, -0.15) is 0 Å². The van der Waals surface area contributed by atoms with E-state index in [1.54, 1.807) is 34.6 Å². The van der Waals surface area contributed by atoms with Crippen LogP contribution >= 0.6 is 0 Å². The Bertz CT molecular complexity index is 497. The molecule has 1 saturated heterocycles. The van der Waals surface area contributed by atoms with Gasteiger partial charge < -0.3 is 10.2 Å². The van der Waals surface area contributed by atoms with Crippen LogP contribution in [0.3, 0.4) is 0 Å². The van der Waals surface area contributed by atoms with Gasteiger partial charge in [0.2, 0.25) is 11.8 Å². The molecule has 0 aromatic heterocycles. The molecule has 0 spiro atoms. The highest BCUT2D eigenvalue weighted by Gasteiger charge is 2.39. The van der Waals surface area contributed by atoms with E-state index in [1.165, 1.54) is 4.90 Å². The summed E-state index contributed by atoms with van der Waals surface area (Å²) in [6, 6.07) is -0.299. The van der Waals surface area contributed by atoms with Crippen LogP contribution in [0.2, 0.25) is 0 Å². The summed E-state index contributed by atoms with van der Waals surface area (Å²) < 4.78 is 23.8. The van der Waals surface area contributed by atoms with Crippen LogP contribution in [0.4, 0.5) is 0 Å². The first-order valence-electron chi connectivity index (χ1n) is 6.81. The normalized spacial score (nSPS) is 23.7. The molecule has 1 rings (SSSR count). The van der Waals surface area contributed by atoms with Gasteiger partial charge in [-0.3, -0.25) is 9.59 Å². The number of sulfone groups is 1. The summed E-state index contributed by atoms with van der Waals surface area (Å²) in [5.74, 6) is -0.509. The molecule has 0 aliphatic carbocycles. The van der Waals surface area contributed by atoms with E-state index in [4.69, 9.17) is 0 Å². The van der Waals surface area contributed by atoms with Gasteiger partial charge in [0.25, 0.3) is 0 Å². The Hall–Kier alpha value is -1.11. The van der Waals surface area contributed by atoms with E-state index in [2.05, 4.69) is 5.32 Å². The lowest BCUT2D eigenvalue weighted by Gasteiger charge is -2.32. The average Bonchev–Trinajstić information content (AvgIpc) is 2.33. The lowest BCUT2D eigenvalue weighted by molar-refractivity contribution is -0.138. The fraction of sp³-hybridized carbons (Fsp3) is 0.846. The second kappa shape index (κ2) is 5.71. The highest BCUT2D eigenvalue weighted by molar-refractivity contribution is 7.92. The Morgan fingerprint density at radius 2 is 1.90 bits per heavy atom. The molecular formula is C13H24N2O4S. The number of carbonyl (C=O) groups excluding carboxylic acids is 2. The molecule has 116 valence electrons. The van der Waals surface area contributed by atoms with Gasteiger partial charge in [-0.15, -0.1) is 0 Å². The van der Waals surface area contributed by atoms with Gasteiger partial charge >= 0.3 is 0 Å². The number of rotatable bonds is 4. The van der Waals surface area contributed by atoms with Gasteiger partial charge in [-0.1, -0.05) is 0 Å². The smallest absolute Gasteiger partial charge is 0.248 e. The number of hydrogen-bond donors (Lipinski definition) is 1. The topological polar surface area (TPSA) is 83.6 Å². The minimum Gasteiger partial charge on any atom is -0.342 e. The Morgan fingerprint density at radius 3 is 2.40 bits per heavy atom. The molecule has 1 aliphatic heterocycles.